The lowest BCUT2D eigenvalue weighted by molar-refractivity contribution is -0.0609. The zero-order valence-corrected chi connectivity index (χ0v) is 7.82. The van der Waals surface area contributed by atoms with Gasteiger partial charge in [0.2, 0.25) is 5.92 Å². The molecule has 0 bridgehead atoms. The Labute approximate surface area is 68.0 Å². The second kappa shape index (κ2) is 4.03. The van der Waals surface area contributed by atoms with Gasteiger partial charge in [0.1, 0.15) is 0 Å². The largest absolute Gasteiger partial charge is 0.250 e. The Bertz CT molecular complexity index is 108. The van der Waals surface area contributed by atoms with Crippen molar-refractivity contribution in [3.8, 4) is 0 Å². The van der Waals surface area contributed by atoms with Gasteiger partial charge in [0, 0.05) is 12.3 Å². The first-order valence-corrected chi connectivity index (χ1v) is 4.28. The van der Waals surface area contributed by atoms with Crippen molar-refractivity contribution < 1.29 is 8.78 Å². The normalized spacial score (nSPS) is 15.5. The fraction of sp³-hybridized carbons (Fsp3) is 1.00. The average Bonchev–Trinajstić information content (AvgIpc) is 1.86. The zero-order valence-electron chi connectivity index (χ0n) is 7.82. The van der Waals surface area contributed by atoms with Crippen molar-refractivity contribution in [2.45, 2.75) is 46.5 Å². The maximum absolute atomic E-state index is 12.9. The van der Waals surface area contributed by atoms with E-state index in [9.17, 15) is 8.78 Å². The molecular formula is C9H18F2. The fourth-order valence-corrected chi connectivity index (χ4v) is 1.23. The highest BCUT2D eigenvalue weighted by Gasteiger charge is 2.33. The van der Waals surface area contributed by atoms with Crippen LogP contribution in [0.1, 0.15) is 40.5 Å². The lowest BCUT2D eigenvalue weighted by Gasteiger charge is -2.23. The molecule has 0 aliphatic rings. The van der Waals surface area contributed by atoms with Gasteiger partial charge < -0.3 is 0 Å². The van der Waals surface area contributed by atoms with E-state index in [4.69, 9.17) is 0 Å². The molecule has 0 saturated carbocycles. The van der Waals surface area contributed by atoms with Crippen molar-refractivity contribution in [1.82, 2.24) is 0 Å². The first-order chi connectivity index (χ1) is 4.90. The Hall–Kier alpha value is -0.140. The molecule has 1 unspecified atom stereocenters. The van der Waals surface area contributed by atoms with E-state index in [0.29, 0.717) is 12.3 Å². The summed E-state index contributed by atoms with van der Waals surface area (Å²) in [5, 5.41) is 0. The summed E-state index contributed by atoms with van der Waals surface area (Å²) in [7, 11) is 0. The Balaban J connectivity index is 3.90. The highest BCUT2D eigenvalue weighted by molar-refractivity contribution is 4.72. The third-order valence-corrected chi connectivity index (χ3v) is 2.02. The van der Waals surface area contributed by atoms with Crippen LogP contribution in [0.3, 0.4) is 0 Å². The summed E-state index contributed by atoms with van der Waals surface area (Å²) in [5.41, 5.74) is 0. The van der Waals surface area contributed by atoms with Crippen molar-refractivity contribution in [3.63, 3.8) is 0 Å². The predicted octanol–water partition coefficient (Wildman–Crippen LogP) is 3.71. The van der Waals surface area contributed by atoms with Crippen LogP contribution in [0.4, 0.5) is 8.78 Å². The van der Waals surface area contributed by atoms with Gasteiger partial charge in [-0.15, -0.1) is 0 Å². The van der Waals surface area contributed by atoms with E-state index in [2.05, 4.69) is 0 Å². The van der Waals surface area contributed by atoms with Crippen molar-refractivity contribution in [3.05, 3.63) is 0 Å². The Morgan fingerprint density at radius 1 is 1.18 bits per heavy atom. The maximum Gasteiger partial charge on any atom is 0.250 e. The Kier molecular flexibility index (Phi) is 3.98. The molecule has 0 amide bonds. The monoisotopic (exact) mass is 164 g/mol. The summed E-state index contributed by atoms with van der Waals surface area (Å²) in [6, 6.07) is 0. The maximum atomic E-state index is 12.9. The fourth-order valence-electron chi connectivity index (χ4n) is 1.23. The molecule has 0 aromatic rings. The van der Waals surface area contributed by atoms with Gasteiger partial charge in [-0.3, -0.25) is 0 Å². The molecule has 0 aromatic carbocycles. The van der Waals surface area contributed by atoms with Crippen LogP contribution in [-0.4, -0.2) is 5.92 Å². The van der Waals surface area contributed by atoms with Crippen molar-refractivity contribution in [2.24, 2.45) is 11.8 Å². The lowest BCUT2D eigenvalue weighted by Crippen LogP contribution is -2.25. The molecule has 0 N–H and O–H groups in total. The quantitative estimate of drug-likeness (QED) is 0.594. The standard InChI is InChI=1S/C9H18F2/c1-5-9(10,11)8(4)6-7(2)3/h7-8H,5-6H2,1-4H3. The van der Waals surface area contributed by atoms with Gasteiger partial charge in [0.05, 0.1) is 0 Å². The van der Waals surface area contributed by atoms with Gasteiger partial charge in [0.15, 0.2) is 0 Å². The molecule has 0 rings (SSSR count). The lowest BCUT2D eigenvalue weighted by atomic mass is 9.92. The average molecular weight is 164 g/mol. The van der Waals surface area contributed by atoms with E-state index >= 15 is 0 Å². The molecular weight excluding hydrogens is 146 g/mol. The first-order valence-electron chi connectivity index (χ1n) is 4.28. The second-order valence-electron chi connectivity index (χ2n) is 3.65. The number of rotatable bonds is 4. The van der Waals surface area contributed by atoms with E-state index in [1.807, 2.05) is 13.8 Å². The van der Waals surface area contributed by atoms with Crippen molar-refractivity contribution in [2.75, 3.05) is 0 Å². The first kappa shape index (κ1) is 10.9. The number of hydrogen-bond donors (Lipinski definition) is 0. The summed E-state index contributed by atoms with van der Waals surface area (Å²) in [6.45, 7) is 7.12. The highest BCUT2D eigenvalue weighted by Crippen LogP contribution is 2.31. The molecule has 11 heavy (non-hydrogen) atoms. The molecule has 0 saturated heterocycles. The van der Waals surface area contributed by atoms with Crippen LogP contribution >= 0.6 is 0 Å². The third-order valence-electron chi connectivity index (χ3n) is 2.02. The summed E-state index contributed by atoms with van der Waals surface area (Å²) in [5.74, 6) is -2.58. The van der Waals surface area contributed by atoms with E-state index in [0.717, 1.165) is 0 Å². The van der Waals surface area contributed by atoms with Crippen LogP contribution in [0.5, 0.6) is 0 Å². The van der Waals surface area contributed by atoms with E-state index in [1.165, 1.54) is 6.92 Å². The molecule has 0 aromatic heterocycles. The van der Waals surface area contributed by atoms with Crippen LogP contribution in [0.25, 0.3) is 0 Å². The molecule has 0 fully saturated rings. The number of hydrogen-bond acceptors (Lipinski definition) is 0. The smallest absolute Gasteiger partial charge is 0.207 e. The van der Waals surface area contributed by atoms with Crippen LogP contribution in [0, 0.1) is 11.8 Å². The van der Waals surface area contributed by atoms with Gasteiger partial charge in [0.25, 0.3) is 0 Å². The molecule has 0 radical (unpaired) electrons. The van der Waals surface area contributed by atoms with E-state index in [-0.39, 0.29) is 6.42 Å². The molecule has 1 atom stereocenters. The summed E-state index contributed by atoms with van der Waals surface area (Å²) >= 11 is 0. The van der Waals surface area contributed by atoms with Crippen LogP contribution in [0.2, 0.25) is 0 Å². The van der Waals surface area contributed by atoms with Crippen molar-refractivity contribution >= 4 is 0 Å². The molecule has 0 aliphatic carbocycles. The SMILES string of the molecule is CCC(F)(F)C(C)CC(C)C. The molecule has 0 spiro atoms. The summed E-state index contributed by atoms with van der Waals surface area (Å²) < 4.78 is 25.8. The van der Waals surface area contributed by atoms with Gasteiger partial charge in [-0.1, -0.05) is 27.7 Å². The molecule has 0 nitrogen and oxygen atoms in total. The van der Waals surface area contributed by atoms with Gasteiger partial charge in [-0.25, -0.2) is 8.78 Å². The number of halogens is 2. The van der Waals surface area contributed by atoms with Gasteiger partial charge in [-0.2, -0.15) is 0 Å². The summed E-state index contributed by atoms with van der Waals surface area (Å²) in [6.07, 6.45) is 0.571. The predicted molar refractivity (Wildman–Crippen MR) is 43.9 cm³/mol. The minimum absolute atomic E-state index is 0.0408. The molecule has 0 heterocycles. The third kappa shape index (κ3) is 3.68. The van der Waals surface area contributed by atoms with E-state index < -0.39 is 11.8 Å². The highest BCUT2D eigenvalue weighted by atomic mass is 19.3. The topological polar surface area (TPSA) is 0 Å². The van der Waals surface area contributed by atoms with Crippen LogP contribution in [0.15, 0.2) is 0 Å². The minimum Gasteiger partial charge on any atom is -0.207 e. The Morgan fingerprint density at radius 3 is 1.91 bits per heavy atom. The number of alkyl halides is 2. The van der Waals surface area contributed by atoms with E-state index in [1.54, 1.807) is 6.92 Å². The molecule has 2 heteroatoms. The summed E-state index contributed by atoms with van der Waals surface area (Å²) in [4.78, 5) is 0. The van der Waals surface area contributed by atoms with Gasteiger partial charge >= 0.3 is 0 Å². The Morgan fingerprint density at radius 2 is 1.64 bits per heavy atom. The van der Waals surface area contributed by atoms with Crippen molar-refractivity contribution in [1.29, 1.82) is 0 Å². The van der Waals surface area contributed by atoms with Crippen LogP contribution < -0.4 is 0 Å². The van der Waals surface area contributed by atoms with Gasteiger partial charge in [-0.05, 0) is 12.3 Å². The minimum atomic E-state index is -2.47. The molecule has 68 valence electrons. The van der Waals surface area contributed by atoms with Crippen LogP contribution in [-0.2, 0) is 0 Å². The zero-order chi connectivity index (χ0) is 9.07. The second-order valence-corrected chi connectivity index (χ2v) is 3.65. The molecule has 0 aliphatic heterocycles.